The second-order valence-corrected chi connectivity index (χ2v) is 9.87. The molecule has 2 atom stereocenters. The zero-order valence-corrected chi connectivity index (χ0v) is 17.8. The van der Waals surface area contributed by atoms with Gasteiger partial charge in [0, 0.05) is 62.9 Å². The van der Waals surface area contributed by atoms with Gasteiger partial charge in [-0.05, 0) is 88.1 Å². The zero-order chi connectivity index (χ0) is 19.1. The molecule has 0 aliphatic carbocycles. The van der Waals surface area contributed by atoms with Gasteiger partial charge in [-0.2, -0.15) is 0 Å². The Labute approximate surface area is 170 Å². The van der Waals surface area contributed by atoms with Crippen LogP contribution in [0.5, 0.6) is 0 Å². The van der Waals surface area contributed by atoms with Crippen molar-refractivity contribution < 1.29 is 4.74 Å². The second kappa shape index (κ2) is 7.53. The molecule has 1 aromatic carbocycles. The molecule has 4 heteroatoms. The van der Waals surface area contributed by atoms with E-state index in [2.05, 4.69) is 46.7 Å². The normalized spacial score (nSPS) is 30.6. The lowest BCUT2D eigenvalue weighted by molar-refractivity contribution is 0.0254. The molecule has 4 fully saturated rings. The zero-order valence-electron chi connectivity index (χ0n) is 17.8. The third-order valence-electron chi connectivity index (χ3n) is 8.11. The molecule has 4 saturated heterocycles. The minimum atomic E-state index is 0.512. The van der Waals surface area contributed by atoms with Crippen molar-refractivity contribution in [2.24, 2.45) is 5.41 Å². The van der Waals surface area contributed by atoms with Gasteiger partial charge in [0.05, 0.1) is 0 Å². The van der Waals surface area contributed by atoms with Gasteiger partial charge in [0.2, 0.25) is 0 Å². The Morgan fingerprint density at radius 1 is 1.00 bits per heavy atom. The molecule has 1 aromatic rings. The topological polar surface area (TPSA) is 19.0 Å². The molecule has 1 spiro atoms. The number of hydrogen-bond acceptors (Lipinski definition) is 4. The highest BCUT2D eigenvalue weighted by molar-refractivity contribution is 5.62. The Hall–Kier alpha value is -1.26. The van der Waals surface area contributed by atoms with Crippen LogP contribution >= 0.6 is 0 Å². The number of likely N-dealkylation sites (tertiary alicyclic amines) is 1. The molecule has 4 nitrogen and oxygen atoms in total. The summed E-state index contributed by atoms with van der Waals surface area (Å²) in [5.41, 5.74) is 4.84. The summed E-state index contributed by atoms with van der Waals surface area (Å²) in [4.78, 5) is 8.03. The van der Waals surface area contributed by atoms with Crippen LogP contribution in [0.15, 0.2) is 18.2 Å². The highest BCUT2D eigenvalue weighted by Gasteiger charge is 2.40. The lowest BCUT2D eigenvalue weighted by Gasteiger charge is -2.34. The molecular weight excluding hydrogens is 346 g/mol. The van der Waals surface area contributed by atoms with E-state index >= 15 is 0 Å². The average Bonchev–Trinajstić information content (AvgIpc) is 3.43. The summed E-state index contributed by atoms with van der Waals surface area (Å²) in [6.45, 7) is 12.8. The van der Waals surface area contributed by atoms with Crippen molar-refractivity contribution in [2.75, 3.05) is 55.7 Å². The fourth-order valence-corrected chi connectivity index (χ4v) is 6.29. The van der Waals surface area contributed by atoms with Crippen molar-refractivity contribution in [2.45, 2.75) is 64.5 Å². The molecule has 0 unspecified atom stereocenters. The number of nitrogens with zero attached hydrogens (tertiary/aromatic N) is 3. The third-order valence-corrected chi connectivity index (χ3v) is 8.11. The van der Waals surface area contributed by atoms with Gasteiger partial charge in [-0.1, -0.05) is 0 Å². The van der Waals surface area contributed by atoms with Gasteiger partial charge < -0.3 is 14.5 Å². The number of ether oxygens (including phenoxy) is 1. The average molecular weight is 384 g/mol. The lowest BCUT2D eigenvalue weighted by atomic mass is 9.80. The van der Waals surface area contributed by atoms with Crippen LogP contribution in [0, 0.1) is 12.3 Å². The van der Waals surface area contributed by atoms with Crippen LogP contribution in [0.3, 0.4) is 0 Å². The number of benzene rings is 1. The molecule has 4 heterocycles. The van der Waals surface area contributed by atoms with E-state index < -0.39 is 0 Å². The maximum atomic E-state index is 5.62. The molecule has 0 bridgehead atoms. The molecule has 0 saturated carbocycles. The first kappa shape index (κ1) is 18.7. The van der Waals surface area contributed by atoms with Gasteiger partial charge in [-0.15, -0.1) is 0 Å². The fourth-order valence-electron chi connectivity index (χ4n) is 6.29. The minimum Gasteiger partial charge on any atom is -0.381 e. The third kappa shape index (κ3) is 3.43. The van der Waals surface area contributed by atoms with Crippen LogP contribution in [0.2, 0.25) is 0 Å². The second-order valence-electron chi connectivity index (χ2n) is 9.87. The van der Waals surface area contributed by atoms with Crippen LogP contribution in [-0.4, -0.2) is 62.9 Å². The first-order chi connectivity index (χ1) is 13.6. The number of hydrogen-bond donors (Lipinski definition) is 0. The van der Waals surface area contributed by atoms with Crippen LogP contribution in [0.25, 0.3) is 0 Å². The van der Waals surface area contributed by atoms with Crippen molar-refractivity contribution in [3.63, 3.8) is 0 Å². The predicted molar refractivity (Wildman–Crippen MR) is 117 cm³/mol. The molecule has 0 amide bonds. The molecular formula is C24H37N3O. The first-order valence-electron chi connectivity index (χ1n) is 11.6. The van der Waals surface area contributed by atoms with Gasteiger partial charge in [-0.3, -0.25) is 4.90 Å². The molecule has 0 radical (unpaired) electrons. The van der Waals surface area contributed by atoms with E-state index in [0.29, 0.717) is 5.41 Å². The molecule has 0 N–H and O–H groups in total. The highest BCUT2D eigenvalue weighted by Crippen LogP contribution is 2.42. The Balaban J connectivity index is 1.26. The van der Waals surface area contributed by atoms with Crippen LogP contribution in [0.1, 0.15) is 51.0 Å². The Bertz CT molecular complexity index is 699. The van der Waals surface area contributed by atoms with E-state index in [1.165, 1.54) is 88.2 Å². The maximum Gasteiger partial charge on any atom is 0.0472 e. The van der Waals surface area contributed by atoms with Gasteiger partial charge in [0.1, 0.15) is 0 Å². The van der Waals surface area contributed by atoms with Gasteiger partial charge in [0.15, 0.2) is 0 Å². The van der Waals surface area contributed by atoms with Crippen molar-refractivity contribution in [1.29, 1.82) is 0 Å². The number of anilines is 2. The maximum absolute atomic E-state index is 5.62. The predicted octanol–water partition coefficient (Wildman–Crippen LogP) is 4.06. The monoisotopic (exact) mass is 383 g/mol. The van der Waals surface area contributed by atoms with Crippen molar-refractivity contribution in [3.05, 3.63) is 23.8 Å². The Kier molecular flexibility index (Phi) is 5.04. The standard InChI is InChI=1S/C24H37N3O/c1-19-16-21(25-12-7-22(17-25)27-11-3-4-20(27)2)5-6-23(19)26-13-8-24(18-26)9-14-28-15-10-24/h5-6,16,20,22H,3-4,7-15,17-18H2,1-2H3/t20-,22+/m1/s1. The van der Waals surface area contributed by atoms with Crippen LogP contribution < -0.4 is 9.80 Å². The molecule has 154 valence electrons. The van der Waals surface area contributed by atoms with E-state index in [-0.39, 0.29) is 0 Å². The molecule has 5 rings (SSSR count). The van der Waals surface area contributed by atoms with E-state index in [4.69, 9.17) is 4.74 Å². The van der Waals surface area contributed by atoms with Gasteiger partial charge in [0.25, 0.3) is 0 Å². The Morgan fingerprint density at radius 3 is 2.61 bits per heavy atom. The Morgan fingerprint density at radius 2 is 1.86 bits per heavy atom. The summed E-state index contributed by atoms with van der Waals surface area (Å²) in [7, 11) is 0. The summed E-state index contributed by atoms with van der Waals surface area (Å²) in [6.07, 6.45) is 7.90. The molecule has 28 heavy (non-hydrogen) atoms. The molecule has 4 aliphatic heterocycles. The van der Waals surface area contributed by atoms with Crippen molar-refractivity contribution >= 4 is 11.4 Å². The summed E-state index contributed by atoms with van der Waals surface area (Å²) >= 11 is 0. The van der Waals surface area contributed by atoms with E-state index in [9.17, 15) is 0 Å². The fraction of sp³-hybridized carbons (Fsp3) is 0.750. The highest BCUT2D eigenvalue weighted by atomic mass is 16.5. The smallest absolute Gasteiger partial charge is 0.0472 e. The van der Waals surface area contributed by atoms with Gasteiger partial charge >= 0.3 is 0 Å². The van der Waals surface area contributed by atoms with Crippen LogP contribution in [0.4, 0.5) is 11.4 Å². The quantitative estimate of drug-likeness (QED) is 0.783. The molecule has 4 aliphatic rings. The van der Waals surface area contributed by atoms with Crippen LogP contribution in [-0.2, 0) is 4.74 Å². The summed E-state index contributed by atoms with van der Waals surface area (Å²) < 4.78 is 5.62. The number of aryl methyl sites for hydroxylation is 1. The first-order valence-corrected chi connectivity index (χ1v) is 11.6. The SMILES string of the molecule is Cc1cc(N2CC[C@H](N3CCC[C@H]3C)C2)ccc1N1CCC2(CCOCC2)C1. The van der Waals surface area contributed by atoms with Crippen molar-refractivity contribution in [1.82, 2.24) is 4.90 Å². The summed E-state index contributed by atoms with van der Waals surface area (Å²) in [5.74, 6) is 0. The lowest BCUT2D eigenvalue weighted by Crippen LogP contribution is -2.39. The number of rotatable bonds is 3. The van der Waals surface area contributed by atoms with Crippen molar-refractivity contribution in [3.8, 4) is 0 Å². The van der Waals surface area contributed by atoms with E-state index in [1.807, 2.05) is 0 Å². The minimum absolute atomic E-state index is 0.512. The largest absolute Gasteiger partial charge is 0.381 e. The summed E-state index contributed by atoms with van der Waals surface area (Å²) in [6, 6.07) is 8.76. The van der Waals surface area contributed by atoms with Gasteiger partial charge in [-0.25, -0.2) is 0 Å². The van der Waals surface area contributed by atoms with E-state index in [0.717, 1.165) is 25.3 Å². The summed E-state index contributed by atoms with van der Waals surface area (Å²) in [5, 5.41) is 0. The molecule has 0 aromatic heterocycles. The van der Waals surface area contributed by atoms with E-state index in [1.54, 1.807) is 0 Å².